The third-order valence-corrected chi connectivity index (χ3v) is 2.88. The van der Waals surface area contributed by atoms with Gasteiger partial charge in [0.2, 0.25) is 0 Å². The number of nitrogens with one attached hydrogen (secondary N) is 1. The fourth-order valence-corrected chi connectivity index (χ4v) is 1.76. The van der Waals surface area contributed by atoms with Crippen molar-refractivity contribution in [3.8, 4) is 0 Å². The van der Waals surface area contributed by atoms with E-state index in [2.05, 4.69) is 22.4 Å². The SMILES string of the molecule is CCCCNC(N)=NCCCc1c(C)noc1C. The number of unbranched alkanes of at least 4 members (excludes halogenated alkanes) is 1. The second-order valence-corrected chi connectivity index (χ2v) is 4.45. The van der Waals surface area contributed by atoms with E-state index in [1.165, 1.54) is 5.56 Å². The number of aryl methyl sites for hydroxylation is 2. The molecule has 0 amide bonds. The lowest BCUT2D eigenvalue weighted by Crippen LogP contribution is -2.32. The lowest BCUT2D eigenvalue weighted by atomic mass is 10.1. The molecule has 18 heavy (non-hydrogen) atoms. The second-order valence-electron chi connectivity index (χ2n) is 4.45. The Balaban J connectivity index is 2.24. The summed E-state index contributed by atoms with van der Waals surface area (Å²) in [5.74, 6) is 1.45. The largest absolute Gasteiger partial charge is 0.370 e. The predicted octanol–water partition coefficient (Wildman–Crippen LogP) is 1.93. The Labute approximate surface area is 109 Å². The van der Waals surface area contributed by atoms with E-state index < -0.39 is 0 Å². The van der Waals surface area contributed by atoms with Gasteiger partial charge in [-0.05, 0) is 33.1 Å². The summed E-state index contributed by atoms with van der Waals surface area (Å²) in [5.41, 5.74) is 7.92. The van der Waals surface area contributed by atoms with Crippen LogP contribution in [0.1, 0.15) is 43.2 Å². The summed E-state index contributed by atoms with van der Waals surface area (Å²) in [5, 5.41) is 7.03. The molecule has 102 valence electrons. The zero-order valence-electron chi connectivity index (χ0n) is 11.6. The number of rotatable bonds is 7. The molecule has 0 unspecified atom stereocenters. The minimum absolute atomic E-state index is 0.544. The van der Waals surface area contributed by atoms with Gasteiger partial charge in [-0.3, -0.25) is 4.99 Å². The lowest BCUT2D eigenvalue weighted by Gasteiger charge is -2.04. The number of hydrogen-bond donors (Lipinski definition) is 2. The average molecular weight is 252 g/mol. The van der Waals surface area contributed by atoms with E-state index in [4.69, 9.17) is 10.3 Å². The van der Waals surface area contributed by atoms with Crippen LogP contribution in [0.15, 0.2) is 9.52 Å². The van der Waals surface area contributed by atoms with Gasteiger partial charge in [-0.1, -0.05) is 18.5 Å². The maximum atomic E-state index is 5.74. The molecule has 0 saturated carbocycles. The van der Waals surface area contributed by atoms with Crippen LogP contribution in [-0.4, -0.2) is 24.2 Å². The molecule has 5 nitrogen and oxygen atoms in total. The Hall–Kier alpha value is -1.52. The normalized spacial score (nSPS) is 11.8. The molecule has 0 aliphatic heterocycles. The number of nitrogens with two attached hydrogens (primary N) is 1. The van der Waals surface area contributed by atoms with Crippen LogP contribution in [0.3, 0.4) is 0 Å². The van der Waals surface area contributed by atoms with E-state index >= 15 is 0 Å². The van der Waals surface area contributed by atoms with Crippen molar-refractivity contribution in [3.63, 3.8) is 0 Å². The Morgan fingerprint density at radius 2 is 2.17 bits per heavy atom. The van der Waals surface area contributed by atoms with Crippen molar-refractivity contribution >= 4 is 5.96 Å². The topological polar surface area (TPSA) is 76.4 Å². The van der Waals surface area contributed by atoms with Crippen molar-refractivity contribution in [3.05, 3.63) is 17.0 Å². The first-order valence-electron chi connectivity index (χ1n) is 6.60. The Morgan fingerprint density at radius 1 is 1.39 bits per heavy atom. The first kappa shape index (κ1) is 14.5. The van der Waals surface area contributed by atoms with Gasteiger partial charge in [0, 0.05) is 18.7 Å². The molecule has 1 heterocycles. The summed E-state index contributed by atoms with van der Waals surface area (Å²) < 4.78 is 5.12. The van der Waals surface area contributed by atoms with E-state index in [0.29, 0.717) is 5.96 Å². The van der Waals surface area contributed by atoms with Crippen LogP contribution in [0.5, 0.6) is 0 Å². The Kier molecular flexibility index (Phi) is 6.25. The highest BCUT2D eigenvalue weighted by molar-refractivity contribution is 5.77. The van der Waals surface area contributed by atoms with Crippen LogP contribution < -0.4 is 11.1 Å². The van der Waals surface area contributed by atoms with Crippen molar-refractivity contribution in [1.82, 2.24) is 10.5 Å². The van der Waals surface area contributed by atoms with Gasteiger partial charge in [0.1, 0.15) is 5.76 Å². The van der Waals surface area contributed by atoms with Crippen molar-refractivity contribution in [2.24, 2.45) is 10.7 Å². The smallest absolute Gasteiger partial charge is 0.188 e. The third kappa shape index (κ3) is 4.77. The van der Waals surface area contributed by atoms with Crippen LogP contribution in [0, 0.1) is 13.8 Å². The van der Waals surface area contributed by atoms with Gasteiger partial charge in [-0.15, -0.1) is 0 Å². The van der Waals surface area contributed by atoms with Crippen LogP contribution >= 0.6 is 0 Å². The van der Waals surface area contributed by atoms with Gasteiger partial charge in [0.05, 0.1) is 5.69 Å². The molecule has 0 aliphatic rings. The minimum atomic E-state index is 0.544. The standard InChI is InChI=1S/C13H24N4O/c1-4-5-8-15-13(14)16-9-6-7-12-10(2)17-18-11(12)3/h4-9H2,1-3H3,(H3,14,15,16). The highest BCUT2D eigenvalue weighted by Crippen LogP contribution is 2.13. The molecule has 1 aromatic rings. The van der Waals surface area contributed by atoms with Crippen LogP contribution in [0.25, 0.3) is 0 Å². The number of guanidine groups is 1. The summed E-state index contributed by atoms with van der Waals surface area (Å²) in [7, 11) is 0. The summed E-state index contributed by atoms with van der Waals surface area (Å²) in [6, 6.07) is 0. The second kappa shape index (κ2) is 7.74. The summed E-state index contributed by atoms with van der Waals surface area (Å²) in [4.78, 5) is 4.29. The van der Waals surface area contributed by atoms with Gasteiger partial charge in [0.25, 0.3) is 0 Å². The first-order chi connectivity index (χ1) is 8.65. The molecule has 5 heteroatoms. The maximum absolute atomic E-state index is 5.74. The molecule has 0 aliphatic carbocycles. The number of aromatic nitrogens is 1. The van der Waals surface area contributed by atoms with E-state index in [0.717, 1.165) is 50.2 Å². The molecule has 0 saturated heterocycles. The van der Waals surface area contributed by atoms with Gasteiger partial charge in [-0.25, -0.2) is 0 Å². The van der Waals surface area contributed by atoms with E-state index in [9.17, 15) is 0 Å². The van der Waals surface area contributed by atoms with Crippen LogP contribution in [0.4, 0.5) is 0 Å². The molecular formula is C13H24N4O. The third-order valence-electron chi connectivity index (χ3n) is 2.88. The molecule has 0 aromatic carbocycles. The molecule has 0 atom stereocenters. The van der Waals surface area contributed by atoms with Gasteiger partial charge in [-0.2, -0.15) is 0 Å². The molecule has 0 spiro atoms. The quantitative estimate of drug-likeness (QED) is 0.441. The van der Waals surface area contributed by atoms with Crippen LogP contribution in [0.2, 0.25) is 0 Å². The molecule has 0 radical (unpaired) electrons. The fourth-order valence-electron chi connectivity index (χ4n) is 1.76. The van der Waals surface area contributed by atoms with E-state index in [1.54, 1.807) is 0 Å². The van der Waals surface area contributed by atoms with Crippen molar-refractivity contribution in [1.29, 1.82) is 0 Å². The Bertz CT molecular complexity index is 365. The van der Waals surface area contributed by atoms with Gasteiger partial charge < -0.3 is 15.6 Å². The predicted molar refractivity (Wildman–Crippen MR) is 73.7 cm³/mol. The summed E-state index contributed by atoms with van der Waals surface area (Å²) in [6.45, 7) is 7.69. The molecule has 1 aromatic heterocycles. The zero-order chi connectivity index (χ0) is 13.4. The number of hydrogen-bond acceptors (Lipinski definition) is 3. The van der Waals surface area contributed by atoms with E-state index in [-0.39, 0.29) is 0 Å². The summed E-state index contributed by atoms with van der Waals surface area (Å²) in [6.07, 6.45) is 4.17. The molecule has 0 bridgehead atoms. The Morgan fingerprint density at radius 3 is 2.78 bits per heavy atom. The average Bonchev–Trinajstić information content (AvgIpc) is 2.66. The molecular weight excluding hydrogens is 228 g/mol. The van der Waals surface area contributed by atoms with E-state index in [1.807, 2.05) is 13.8 Å². The molecule has 3 N–H and O–H groups in total. The number of aliphatic imine (C=N–C) groups is 1. The zero-order valence-corrected chi connectivity index (χ0v) is 11.6. The lowest BCUT2D eigenvalue weighted by molar-refractivity contribution is 0.392. The monoisotopic (exact) mass is 252 g/mol. The highest BCUT2D eigenvalue weighted by Gasteiger charge is 2.07. The minimum Gasteiger partial charge on any atom is -0.370 e. The van der Waals surface area contributed by atoms with Crippen molar-refractivity contribution in [2.75, 3.05) is 13.1 Å². The van der Waals surface area contributed by atoms with Gasteiger partial charge in [0.15, 0.2) is 5.96 Å². The summed E-state index contributed by atoms with van der Waals surface area (Å²) >= 11 is 0. The number of nitrogens with zero attached hydrogens (tertiary/aromatic N) is 2. The van der Waals surface area contributed by atoms with Gasteiger partial charge >= 0.3 is 0 Å². The van der Waals surface area contributed by atoms with Crippen molar-refractivity contribution in [2.45, 2.75) is 46.5 Å². The molecule has 0 fully saturated rings. The molecule has 1 rings (SSSR count). The van der Waals surface area contributed by atoms with Crippen molar-refractivity contribution < 1.29 is 4.52 Å². The highest BCUT2D eigenvalue weighted by atomic mass is 16.5. The fraction of sp³-hybridized carbons (Fsp3) is 0.692. The maximum Gasteiger partial charge on any atom is 0.188 e. The van der Waals surface area contributed by atoms with Crippen LogP contribution in [-0.2, 0) is 6.42 Å². The first-order valence-corrected chi connectivity index (χ1v) is 6.60.